The second-order valence-corrected chi connectivity index (χ2v) is 7.53. The highest BCUT2D eigenvalue weighted by Gasteiger charge is 2.19. The molecule has 0 amide bonds. The maximum absolute atomic E-state index is 6.47. The molecule has 4 aromatic rings. The van der Waals surface area contributed by atoms with Crippen LogP contribution in [-0.2, 0) is 0 Å². The van der Waals surface area contributed by atoms with E-state index in [-0.39, 0.29) is 0 Å². The molecule has 0 bridgehead atoms. The SMILES string of the molecule is Clc1ccc(-c2nc(-c3ccccc3)c(-c3cccc(Cl)c3Cl)[nH]2)c(Cl)c1. The van der Waals surface area contributed by atoms with E-state index in [1.54, 1.807) is 18.2 Å². The van der Waals surface area contributed by atoms with Gasteiger partial charge in [-0.3, -0.25) is 0 Å². The van der Waals surface area contributed by atoms with Crippen LogP contribution in [0.3, 0.4) is 0 Å². The molecule has 0 aliphatic rings. The van der Waals surface area contributed by atoms with E-state index in [9.17, 15) is 0 Å². The molecular formula is C21H12Cl4N2. The Morgan fingerprint density at radius 1 is 0.704 bits per heavy atom. The smallest absolute Gasteiger partial charge is 0.140 e. The molecule has 1 N–H and O–H groups in total. The molecule has 2 nitrogen and oxygen atoms in total. The molecule has 4 rings (SSSR count). The molecule has 0 aliphatic carbocycles. The quantitative estimate of drug-likeness (QED) is 0.348. The molecule has 6 heteroatoms. The molecule has 1 heterocycles. The fraction of sp³-hybridized carbons (Fsp3) is 0. The molecule has 134 valence electrons. The predicted molar refractivity (Wildman–Crippen MR) is 115 cm³/mol. The number of rotatable bonds is 3. The Kier molecular flexibility index (Phi) is 5.16. The van der Waals surface area contributed by atoms with E-state index in [1.165, 1.54) is 0 Å². The maximum Gasteiger partial charge on any atom is 0.140 e. The van der Waals surface area contributed by atoms with Crippen LogP contribution in [0.5, 0.6) is 0 Å². The van der Waals surface area contributed by atoms with E-state index >= 15 is 0 Å². The van der Waals surface area contributed by atoms with E-state index in [0.29, 0.717) is 25.9 Å². The van der Waals surface area contributed by atoms with E-state index in [0.717, 1.165) is 28.1 Å². The number of halogens is 4. The summed E-state index contributed by atoms with van der Waals surface area (Å²) < 4.78 is 0. The average molecular weight is 434 g/mol. The first kappa shape index (κ1) is 18.4. The van der Waals surface area contributed by atoms with Gasteiger partial charge in [-0.1, -0.05) is 88.9 Å². The van der Waals surface area contributed by atoms with E-state index in [4.69, 9.17) is 51.4 Å². The zero-order valence-electron chi connectivity index (χ0n) is 13.8. The maximum atomic E-state index is 6.47. The molecule has 0 atom stereocenters. The van der Waals surface area contributed by atoms with Crippen molar-refractivity contribution in [2.45, 2.75) is 0 Å². The Morgan fingerprint density at radius 2 is 1.48 bits per heavy atom. The number of hydrogen-bond acceptors (Lipinski definition) is 1. The Morgan fingerprint density at radius 3 is 2.22 bits per heavy atom. The normalized spacial score (nSPS) is 11.0. The van der Waals surface area contributed by atoms with E-state index in [1.807, 2.05) is 48.5 Å². The van der Waals surface area contributed by atoms with Gasteiger partial charge in [0.25, 0.3) is 0 Å². The van der Waals surface area contributed by atoms with Crippen LogP contribution in [-0.4, -0.2) is 9.97 Å². The minimum atomic E-state index is 0.466. The lowest BCUT2D eigenvalue weighted by atomic mass is 10.1. The van der Waals surface area contributed by atoms with Gasteiger partial charge in [0.15, 0.2) is 0 Å². The van der Waals surface area contributed by atoms with Crippen molar-refractivity contribution in [1.29, 1.82) is 0 Å². The van der Waals surface area contributed by atoms with Crippen molar-refractivity contribution < 1.29 is 0 Å². The lowest BCUT2D eigenvalue weighted by molar-refractivity contribution is 1.31. The number of hydrogen-bond donors (Lipinski definition) is 1. The van der Waals surface area contributed by atoms with Gasteiger partial charge in [0.1, 0.15) is 5.82 Å². The molecule has 0 fully saturated rings. The van der Waals surface area contributed by atoms with Gasteiger partial charge in [-0.2, -0.15) is 0 Å². The average Bonchev–Trinajstić information content (AvgIpc) is 3.09. The first-order chi connectivity index (χ1) is 13.0. The number of imidazole rings is 1. The number of benzene rings is 3. The van der Waals surface area contributed by atoms with Crippen molar-refractivity contribution in [1.82, 2.24) is 9.97 Å². The van der Waals surface area contributed by atoms with E-state index < -0.39 is 0 Å². The standard InChI is InChI=1S/C21H12Cl4N2/c22-13-9-10-14(17(24)11-13)21-26-19(12-5-2-1-3-6-12)20(27-21)15-7-4-8-16(23)18(15)25/h1-11H,(H,26,27). The highest BCUT2D eigenvalue weighted by molar-refractivity contribution is 6.43. The monoisotopic (exact) mass is 432 g/mol. The minimum absolute atomic E-state index is 0.466. The molecular weight excluding hydrogens is 422 g/mol. The second-order valence-electron chi connectivity index (χ2n) is 5.90. The topological polar surface area (TPSA) is 28.7 Å². The number of nitrogens with one attached hydrogen (secondary N) is 1. The Hall–Kier alpha value is -1.97. The molecule has 1 aromatic heterocycles. The Bertz CT molecular complexity index is 1120. The number of nitrogens with zero attached hydrogens (tertiary/aromatic N) is 1. The van der Waals surface area contributed by atoms with Crippen LogP contribution in [0, 0.1) is 0 Å². The van der Waals surface area contributed by atoms with E-state index in [2.05, 4.69) is 4.98 Å². The summed E-state index contributed by atoms with van der Waals surface area (Å²) in [6, 6.07) is 20.7. The van der Waals surface area contributed by atoms with Crippen LogP contribution in [0.4, 0.5) is 0 Å². The number of H-pyrrole nitrogens is 1. The molecule has 0 aliphatic heterocycles. The second kappa shape index (κ2) is 7.57. The van der Waals surface area contributed by atoms with Crippen LogP contribution < -0.4 is 0 Å². The zero-order valence-corrected chi connectivity index (χ0v) is 16.8. The van der Waals surface area contributed by atoms with Gasteiger partial charge in [0.2, 0.25) is 0 Å². The van der Waals surface area contributed by atoms with Gasteiger partial charge in [-0.25, -0.2) is 4.98 Å². The van der Waals surface area contributed by atoms with Crippen LogP contribution in [0.1, 0.15) is 0 Å². The first-order valence-electron chi connectivity index (χ1n) is 8.10. The summed E-state index contributed by atoms with van der Waals surface area (Å²) in [5.74, 6) is 0.626. The van der Waals surface area contributed by atoms with Crippen LogP contribution in [0.25, 0.3) is 33.9 Å². The van der Waals surface area contributed by atoms with Crippen molar-refractivity contribution in [3.8, 4) is 33.9 Å². The third kappa shape index (κ3) is 3.59. The number of aromatic nitrogens is 2. The lowest BCUT2D eigenvalue weighted by Gasteiger charge is -2.06. The predicted octanol–water partition coefficient (Wildman–Crippen LogP) is 8.02. The third-order valence-corrected chi connectivity index (χ3v) is 5.52. The lowest BCUT2D eigenvalue weighted by Crippen LogP contribution is -1.85. The third-order valence-electron chi connectivity index (χ3n) is 4.16. The Balaban J connectivity index is 1.97. The summed E-state index contributed by atoms with van der Waals surface area (Å²) in [5.41, 5.74) is 4.01. The first-order valence-corrected chi connectivity index (χ1v) is 9.61. The molecule has 3 aromatic carbocycles. The van der Waals surface area contributed by atoms with Crippen molar-refractivity contribution in [2.24, 2.45) is 0 Å². The summed E-state index contributed by atoms with van der Waals surface area (Å²) in [6.45, 7) is 0. The van der Waals surface area contributed by atoms with Gasteiger partial charge in [0.05, 0.1) is 26.5 Å². The van der Waals surface area contributed by atoms with Crippen LogP contribution >= 0.6 is 46.4 Å². The summed E-state index contributed by atoms with van der Waals surface area (Å²) >= 11 is 25.1. The van der Waals surface area contributed by atoms with Gasteiger partial charge >= 0.3 is 0 Å². The minimum Gasteiger partial charge on any atom is -0.337 e. The fourth-order valence-electron chi connectivity index (χ4n) is 2.88. The molecule has 0 saturated carbocycles. The Labute approximate surface area is 176 Å². The highest BCUT2D eigenvalue weighted by atomic mass is 35.5. The molecule has 0 unspecified atom stereocenters. The van der Waals surface area contributed by atoms with Crippen LogP contribution in [0.2, 0.25) is 20.1 Å². The summed E-state index contributed by atoms with van der Waals surface area (Å²) in [4.78, 5) is 8.16. The van der Waals surface area contributed by atoms with Gasteiger partial charge in [-0.15, -0.1) is 0 Å². The van der Waals surface area contributed by atoms with Crippen molar-refractivity contribution >= 4 is 46.4 Å². The van der Waals surface area contributed by atoms with Gasteiger partial charge < -0.3 is 4.98 Å². The fourth-order valence-corrected chi connectivity index (χ4v) is 3.77. The van der Waals surface area contributed by atoms with Gasteiger partial charge in [0, 0.05) is 21.7 Å². The van der Waals surface area contributed by atoms with Gasteiger partial charge in [-0.05, 0) is 24.3 Å². The van der Waals surface area contributed by atoms with Crippen LogP contribution in [0.15, 0.2) is 66.7 Å². The molecule has 0 spiro atoms. The van der Waals surface area contributed by atoms with Crippen molar-refractivity contribution in [3.05, 3.63) is 86.8 Å². The summed E-state index contributed by atoms with van der Waals surface area (Å²) in [7, 11) is 0. The number of aromatic amines is 1. The molecule has 0 radical (unpaired) electrons. The molecule has 27 heavy (non-hydrogen) atoms. The molecule has 0 saturated heterocycles. The largest absolute Gasteiger partial charge is 0.337 e. The summed E-state index contributed by atoms with van der Waals surface area (Å²) in [6.07, 6.45) is 0. The summed E-state index contributed by atoms with van der Waals surface area (Å²) in [5, 5.41) is 2.03. The van der Waals surface area contributed by atoms with Crippen molar-refractivity contribution in [3.63, 3.8) is 0 Å². The zero-order chi connectivity index (χ0) is 19.0. The highest BCUT2D eigenvalue weighted by Crippen LogP contribution is 2.40. The van der Waals surface area contributed by atoms with Crippen molar-refractivity contribution in [2.75, 3.05) is 0 Å².